The molecule has 0 aliphatic carbocycles. The van der Waals surface area contributed by atoms with Crippen LogP contribution in [0.5, 0.6) is 0 Å². The Bertz CT molecular complexity index is 1140. The first kappa shape index (κ1) is 15.4. The third-order valence-electron chi connectivity index (χ3n) is 4.35. The van der Waals surface area contributed by atoms with Crippen LogP contribution >= 0.6 is 0 Å². The van der Waals surface area contributed by atoms with Crippen molar-refractivity contribution in [2.24, 2.45) is 0 Å². The molecular weight excluding hydrogens is 310 g/mol. The molecule has 2 aromatic carbocycles. The first-order chi connectivity index (χ1) is 12.1. The molecule has 0 spiro atoms. The molecule has 0 amide bonds. The van der Waals surface area contributed by atoms with Gasteiger partial charge in [0.15, 0.2) is 0 Å². The topological polar surface area (TPSA) is 50.7 Å². The summed E-state index contributed by atoms with van der Waals surface area (Å²) in [5.41, 5.74) is 3.72. The Morgan fingerprint density at radius 2 is 1.84 bits per heavy atom. The van der Waals surface area contributed by atoms with Crippen molar-refractivity contribution in [3.8, 4) is 5.69 Å². The molecule has 4 heteroatoms. The number of nitrogens with one attached hydrogen (secondary N) is 1. The maximum absolute atomic E-state index is 13.2. The highest BCUT2D eigenvalue weighted by molar-refractivity contribution is 6.04. The number of allylic oxidation sites excluding steroid dienone is 1. The van der Waals surface area contributed by atoms with E-state index in [0.29, 0.717) is 18.4 Å². The van der Waals surface area contributed by atoms with Crippen molar-refractivity contribution in [2.75, 3.05) is 0 Å². The van der Waals surface area contributed by atoms with E-state index in [1.54, 1.807) is 4.57 Å². The summed E-state index contributed by atoms with van der Waals surface area (Å²) in [6.07, 6.45) is 1.30. The summed E-state index contributed by atoms with van der Waals surface area (Å²) in [6, 6.07) is 17.4. The number of rotatable bonds is 4. The summed E-state index contributed by atoms with van der Waals surface area (Å²) in [5, 5.41) is 0.963. The smallest absolute Gasteiger partial charge is 0.282 e. The lowest BCUT2D eigenvalue weighted by Crippen LogP contribution is -2.24. The molecule has 123 valence electrons. The number of fused-ring (bicyclic) bond motifs is 3. The van der Waals surface area contributed by atoms with Crippen molar-refractivity contribution in [1.82, 2.24) is 14.5 Å². The predicted octanol–water partition coefficient (Wildman–Crippen LogP) is 4.18. The van der Waals surface area contributed by atoms with E-state index in [0.717, 1.165) is 33.5 Å². The zero-order chi connectivity index (χ0) is 17.4. The van der Waals surface area contributed by atoms with E-state index < -0.39 is 0 Å². The van der Waals surface area contributed by atoms with Crippen molar-refractivity contribution in [2.45, 2.75) is 19.8 Å². The van der Waals surface area contributed by atoms with E-state index in [1.807, 2.05) is 61.5 Å². The zero-order valence-corrected chi connectivity index (χ0v) is 14.0. The monoisotopic (exact) mass is 328 g/mol. The highest BCUT2D eigenvalue weighted by Gasteiger charge is 2.16. The number of benzene rings is 2. The standard InChI is InChI=1S/C21H18N3O/c1-14(2)12-13-18-23-19-16-10-6-7-11-17(16)22-20(19)21(25)24(18)15-8-4-3-5-9-15/h1,3-11,22H,12-13H2,2H3. The van der Waals surface area contributed by atoms with Crippen molar-refractivity contribution in [3.63, 3.8) is 0 Å². The Labute approximate surface area is 145 Å². The van der Waals surface area contributed by atoms with Gasteiger partial charge in [-0.1, -0.05) is 48.6 Å². The van der Waals surface area contributed by atoms with Crippen LogP contribution in [0.4, 0.5) is 0 Å². The Kier molecular flexibility index (Phi) is 3.73. The molecule has 0 unspecified atom stereocenters. The fraction of sp³-hybridized carbons (Fsp3) is 0.143. The second kappa shape index (κ2) is 6.06. The number of aryl methyl sites for hydroxylation is 1. The molecule has 1 radical (unpaired) electrons. The van der Waals surface area contributed by atoms with E-state index in [-0.39, 0.29) is 5.56 Å². The normalized spacial score (nSPS) is 11.2. The van der Waals surface area contributed by atoms with Crippen LogP contribution in [0.25, 0.3) is 27.6 Å². The lowest BCUT2D eigenvalue weighted by atomic mass is 10.1. The Hall–Kier alpha value is -3.14. The number of hydrogen-bond acceptors (Lipinski definition) is 2. The van der Waals surface area contributed by atoms with Crippen molar-refractivity contribution < 1.29 is 0 Å². The fourth-order valence-corrected chi connectivity index (χ4v) is 3.13. The van der Waals surface area contributed by atoms with Gasteiger partial charge in [0, 0.05) is 17.3 Å². The molecule has 0 fully saturated rings. The van der Waals surface area contributed by atoms with Gasteiger partial charge in [-0.15, -0.1) is 0 Å². The molecular formula is C21H18N3O. The van der Waals surface area contributed by atoms with Crippen molar-refractivity contribution in [3.05, 3.63) is 82.9 Å². The quantitative estimate of drug-likeness (QED) is 0.611. The Morgan fingerprint density at radius 1 is 1.12 bits per heavy atom. The van der Waals surface area contributed by atoms with E-state index in [4.69, 9.17) is 11.6 Å². The number of para-hydroxylation sites is 2. The molecule has 1 N–H and O–H groups in total. The molecule has 0 saturated carbocycles. The van der Waals surface area contributed by atoms with Crippen molar-refractivity contribution >= 4 is 21.9 Å². The van der Waals surface area contributed by atoms with Crippen molar-refractivity contribution in [1.29, 1.82) is 0 Å². The molecule has 25 heavy (non-hydrogen) atoms. The number of aromatic nitrogens is 3. The predicted molar refractivity (Wildman–Crippen MR) is 101 cm³/mol. The number of hydrogen-bond donors (Lipinski definition) is 1. The molecule has 0 aliphatic rings. The largest absolute Gasteiger partial charge is 0.349 e. The maximum atomic E-state index is 13.2. The molecule has 0 atom stereocenters. The van der Waals surface area contributed by atoms with Crippen LogP contribution in [-0.2, 0) is 6.42 Å². The summed E-state index contributed by atoms with van der Waals surface area (Å²) >= 11 is 0. The SMILES string of the molecule is [CH]=C(C)CCc1nc2c([nH]c3ccccc32)c(=O)n1-c1ccccc1. The summed E-state index contributed by atoms with van der Waals surface area (Å²) < 4.78 is 1.68. The van der Waals surface area contributed by atoms with Crippen LogP contribution in [0.1, 0.15) is 19.2 Å². The van der Waals surface area contributed by atoms with E-state index in [9.17, 15) is 4.79 Å². The highest BCUT2D eigenvalue weighted by Crippen LogP contribution is 2.23. The molecule has 0 aliphatic heterocycles. The average molecular weight is 328 g/mol. The van der Waals surface area contributed by atoms with Gasteiger partial charge in [-0.2, -0.15) is 0 Å². The molecule has 4 aromatic rings. The summed E-state index contributed by atoms with van der Waals surface area (Å²) in [7, 11) is 0. The third-order valence-corrected chi connectivity index (χ3v) is 4.35. The van der Waals surface area contributed by atoms with Crippen LogP contribution in [0.3, 0.4) is 0 Å². The molecule has 2 heterocycles. The molecule has 2 aromatic heterocycles. The van der Waals surface area contributed by atoms with Gasteiger partial charge in [0.25, 0.3) is 5.56 Å². The van der Waals surface area contributed by atoms with Crippen LogP contribution in [-0.4, -0.2) is 14.5 Å². The minimum atomic E-state index is -0.0860. The molecule has 0 saturated heterocycles. The third kappa shape index (κ3) is 2.66. The van der Waals surface area contributed by atoms with Gasteiger partial charge >= 0.3 is 0 Å². The van der Waals surface area contributed by atoms with Crippen LogP contribution in [0.2, 0.25) is 0 Å². The van der Waals surface area contributed by atoms with Gasteiger partial charge in [0.05, 0.1) is 5.69 Å². The Balaban J connectivity index is 2.05. The second-order valence-electron chi connectivity index (χ2n) is 6.24. The van der Waals surface area contributed by atoms with E-state index >= 15 is 0 Å². The summed E-state index contributed by atoms with van der Waals surface area (Å²) in [5.74, 6) is 0.721. The van der Waals surface area contributed by atoms with Crippen LogP contribution in [0, 0.1) is 6.58 Å². The molecule has 0 bridgehead atoms. The minimum Gasteiger partial charge on any atom is -0.349 e. The maximum Gasteiger partial charge on any atom is 0.282 e. The first-order valence-electron chi connectivity index (χ1n) is 8.31. The van der Waals surface area contributed by atoms with Gasteiger partial charge in [-0.3, -0.25) is 9.36 Å². The van der Waals surface area contributed by atoms with Gasteiger partial charge in [-0.25, -0.2) is 4.98 Å². The van der Waals surface area contributed by atoms with Gasteiger partial charge in [-0.05, 0) is 31.5 Å². The van der Waals surface area contributed by atoms with E-state index in [2.05, 4.69) is 4.98 Å². The first-order valence-corrected chi connectivity index (χ1v) is 8.31. The second-order valence-corrected chi connectivity index (χ2v) is 6.24. The van der Waals surface area contributed by atoms with Gasteiger partial charge < -0.3 is 4.98 Å². The highest BCUT2D eigenvalue weighted by atomic mass is 16.1. The number of aromatic amines is 1. The lowest BCUT2D eigenvalue weighted by molar-refractivity contribution is 0.784. The van der Waals surface area contributed by atoms with Gasteiger partial charge in [0.1, 0.15) is 16.9 Å². The fourth-order valence-electron chi connectivity index (χ4n) is 3.13. The molecule has 4 rings (SSSR count). The van der Waals surface area contributed by atoms with Crippen LogP contribution in [0.15, 0.2) is 65.0 Å². The summed E-state index contributed by atoms with van der Waals surface area (Å²) in [6.45, 7) is 7.73. The average Bonchev–Trinajstić information content (AvgIpc) is 3.00. The summed E-state index contributed by atoms with van der Waals surface area (Å²) in [4.78, 5) is 21.3. The minimum absolute atomic E-state index is 0.0860. The zero-order valence-electron chi connectivity index (χ0n) is 14.0. The van der Waals surface area contributed by atoms with E-state index in [1.165, 1.54) is 0 Å². The lowest BCUT2D eigenvalue weighted by Gasteiger charge is -2.12. The Morgan fingerprint density at radius 3 is 2.60 bits per heavy atom. The van der Waals surface area contributed by atoms with Crippen LogP contribution < -0.4 is 5.56 Å². The number of H-pyrrole nitrogens is 1. The van der Waals surface area contributed by atoms with Gasteiger partial charge in [0.2, 0.25) is 0 Å². The number of nitrogens with zero attached hydrogens (tertiary/aromatic N) is 2. The molecule has 4 nitrogen and oxygen atoms in total.